The molecule has 0 aliphatic rings. The first-order valence-corrected chi connectivity index (χ1v) is 6.53. The number of imide groups is 1. The number of carbonyl (C=O) groups excluding carboxylic acids is 2. The molecule has 0 atom stereocenters. The number of thioether (sulfide) groups is 1. The maximum Gasteiger partial charge on any atom is 0.274 e. The number of aromatic amines is 1. The second kappa shape index (κ2) is 6.10. The quantitative estimate of drug-likeness (QED) is 0.743. The lowest BCUT2D eigenvalue weighted by Crippen LogP contribution is -2.32. The van der Waals surface area contributed by atoms with Gasteiger partial charge in [-0.05, 0) is 36.4 Å². The molecule has 6 heteroatoms. The van der Waals surface area contributed by atoms with Gasteiger partial charge < -0.3 is 10.1 Å². The standard InChI is InChI=1S/C13H12N2O3S/c16-9-3-5-10(6-4-9)19-8-12(17)15-13(18)11-2-1-7-14-11/h1-7,14,16H,8H2,(H,15,17,18). The van der Waals surface area contributed by atoms with Crippen LogP contribution in [0.25, 0.3) is 0 Å². The van der Waals surface area contributed by atoms with Crippen molar-refractivity contribution in [2.45, 2.75) is 4.90 Å². The molecule has 98 valence electrons. The van der Waals surface area contributed by atoms with Gasteiger partial charge in [0.25, 0.3) is 5.91 Å². The molecular formula is C13H12N2O3S. The van der Waals surface area contributed by atoms with Gasteiger partial charge in [0.15, 0.2) is 0 Å². The molecule has 0 bridgehead atoms. The van der Waals surface area contributed by atoms with Gasteiger partial charge in [-0.25, -0.2) is 0 Å². The molecule has 2 amide bonds. The Morgan fingerprint density at radius 2 is 1.95 bits per heavy atom. The third-order valence-electron chi connectivity index (χ3n) is 2.30. The normalized spacial score (nSPS) is 10.1. The van der Waals surface area contributed by atoms with Gasteiger partial charge in [-0.3, -0.25) is 14.9 Å². The Kier molecular flexibility index (Phi) is 4.25. The highest BCUT2D eigenvalue weighted by Gasteiger charge is 2.10. The summed E-state index contributed by atoms with van der Waals surface area (Å²) in [5, 5.41) is 11.4. The van der Waals surface area contributed by atoms with Crippen LogP contribution in [0.3, 0.4) is 0 Å². The van der Waals surface area contributed by atoms with Crippen molar-refractivity contribution < 1.29 is 14.7 Å². The molecule has 0 aliphatic heterocycles. The van der Waals surface area contributed by atoms with E-state index in [9.17, 15) is 9.59 Å². The lowest BCUT2D eigenvalue weighted by atomic mass is 10.3. The third-order valence-corrected chi connectivity index (χ3v) is 3.31. The fourth-order valence-electron chi connectivity index (χ4n) is 1.39. The molecule has 0 aliphatic carbocycles. The molecule has 2 aromatic rings. The van der Waals surface area contributed by atoms with Gasteiger partial charge >= 0.3 is 0 Å². The minimum absolute atomic E-state index is 0.136. The van der Waals surface area contributed by atoms with E-state index >= 15 is 0 Å². The SMILES string of the molecule is O=C(CSc1ccc(O)cc1)NC(=O)c1ccc[nH]1. The second-order valence-electron chi connectivity index (χ2n) is 3.74. The monoisotopic (exact) mass is 276 g/mol. The number of H-pyrrole nitrogens is 1. The molecule has 3 N–H and O–H groups in total. The first kappa shape index (κ1) is 13.2. The second-order valence-corrected chi connectivity index (χ2v) is 4.79. The van der Waals surface area contributed by atoms with E-state index in [2.05, 4.69) is 10.3 Å². The largest absolute Gasteiger partial charge is 0.508 e. The topological polar surface area (TPSA) is 82.2 Å². The molecule has 0 saturated carbocycles. The Morgan fingerprint density at radius 3 is 2.58 bits per heavy atom. The summed E-state index contributed by atoms with van der Waals surface area (Å²) in [6, 6.07) is 9.79. The van der Waals surface area contributed by atoms with Crippen LogP contribution >= 0.6 is 11.8 Å². The average molecular weight is 276 g/mol. The summed E-state index contributed by atoms with van der Waals surface area (Å²) in [6.45, 7) is 0. The highest BCUT2D eigenvalue weighted by molar-refractivity contribution is 8.00. The van der Waals surface area contributed by atoms with Crippen LogP contribution in [-0.2, 0) is 4.79 Å². The van der Waals surface area contributed by atoms with Crippen LogP contribution in [0.1, 0.15) is 10.5 Å². The highest BCUT2D eigenvalue weighted by Crippen LogP contribution is 2.20. The molecule has 1 heterocycles. The molecule has 0 saturated heterocycles. The fourth-order valence-corrected chi connectivity index (χ4v) is 2.09. The minimum atomic E-state index is -0.443. The van der Waals surface area contributed by atoms with E-state index < -0.39 is 5.91 Å². The summed E-state index contributed by atoms with van der Waals surface area (Å²) in [7, 11) is 0. The molecule has 0 fully saturated rings. The third kappa shape index (κ3) is 3.89. The Labute approximate surface area is 114 Å². The number of aromatic hydroxyl groups is 1. The van der Waals surface area contributed by atoms with Crippen molar-refractivity contribution in [2.75, 3.05) is 5.75 Å². The van der Waals surface area contributed by atoms with Crippen molar-refractivity contribution in [3.63, 3.8) is 0 Å². The van der Waals surface area contributed by atoms with Gasteiger partial charge in [0, 0.05) is 11.1 Å². The van der Waals surface area contributed by atoms with Crippen LogP contribution in [0.5, 0.6) is 5.75 Å². The summed E-state index contributed by atoms with van der Waals surface area (Å²) in [5.41, 5.74) is 0.350. The van der Waals surface area contributed by atoms with Crippen molar-refractivity contribution in [1.82, 2.24) is 10.3 Å². The van der Waals surface area contributed by atoms with E-state index in [0.717, 1.165) is 4.90 Å². The molecule has 19 heavy (non-hydrogen) atoms. The highest BCUT2D eigenvalue weighted by atomic mass is 32.2. The molecular weight excluding hydrogens is 264 g/mol. The van der Waals surface area contributed by atoms with Crippen LogP contribution < -0.4 is 5.32 Å². The van der Waals surface area contributed by atoms with Gasteiger partial charge in [0.1, 0.15) is 11.4 Å². The number of benzene rings is 1. The molecule has 2 rings (SSSR count). The van der Waals surface area contributed by atoms with E-state index in [1.54, 1.807) is 42.6 Å². The zero-order valence-corrected chi connectivity index (χ0v) is 10.7. The maximum absolute atomic E-state index is 11.6. The van der Waals surface area contributed by atoms with Crippen LogP contribution in [0.2, 0.25) is 0 Å². The summed E-state index contributed by atoms with van der Waals surface area (Å²) >= 11 is 1.29. The van der Waals surface area contributed by atoms with Crippen LogP contribution in [0.15, 0.2) is 47.5 Å². The number of phenols is 1. The molecule has 0 spiro atoms. The first-order valence-electron chi connectivity index (χ1n) is 5.54. The van der Waals surface area contributed by atoms with Gasteiger partial charge in [-0.15, -0.1) is 11.8 Å². The summed E-state index contributed by atoms with van der Waals surface area (Å²) in [6.07, 6.45) is 1.62. The van der Waals surface area contributed by atoms with Crippen molar-refractivity contribution in [3.05, 3.63) is 48.3 Å². The Morgan fingerprint density at radius 1 is 1.21 bits per heavy atom. The number of carbonyl (C=O) groups is 2. The van der Waals surface area contributed by atoms with Crippen molar-refractivity contribution in [3.8, 4) is 5.75 Å². The Hall–Kier alpha value is -2.21. The Bertz CT molecular complexity index is 564. The molecule has 0 radical (unpaired) electrons. The van der Waals surface area contributed by atoms with Gasteiger partial charge in [0.05, 0.1) is 5.75 Å². The van der Waals surface area contributed by atoms with E-state index in [1.807, 2.05) is 0 Å². The number of amides is 2. The number of phenolic OH excluding ortho intramolecular Hbond substituents is 1. The smallest absolute Gasteiger partial charge is 0.274 e. The lowest BCUT2D eigenvalue weighted by Gasteiger charge is -2.03. The van der Waals surface area contributed by atoms with Crippen LogP contribution in [0, 0.1) is 0 Å². The Balaban J connectivity index is 1.82. The summed E-state index contributed by atoms with van der Waals surface area (Å²) in [5.74, 6) is -0.494. The zero-order chi connectivity index (χ0) is 13.7. The van der Waals surface area contributed by atoms with E-state index in [4.69, 9.17) is 5.11 Å². The van der Waals surface area contributed by atoms with Gasteiger partial charge in [0.2, 0.25) is 5.91 Å². The van der Waals surface area contributed by atoms with Gasteiger partial charge in [-0.1, -0.05) is 0 Å². The van der Waals surface area contributed by atoms with Gasteiger partial charge in [-0.2, -0.15) is 0 Å². The molecule has 0 unspecified atom stereocenters. The van der Waals surface area contributed by atoms with E-state index in [0.29, 0.717) is 5.69 Å². The van der Waals surface area contributed by atoms with Crippen LogP contribution in [0.4, 0.5) is 0 Å². The molecule has 1 aromatic heterocycles. The zero-order valence-electron chi connectivity index (χ0n) is 9.92. The number of nitrogens with one attached hydrogen (secondary N) is 2. The summed E-state index contributed by atoms with van der Waals surface area (Å²) < 4.78 is 0. The molecule has 5 nitrogen and oxygen atoms in total. The predicted molar refractivity (Wildman–Crippen MR) is 72.1 cm³/mol. The van der Waals surface area contributed by atoms with E-state index in [1.165, 1.54) is 11.8 Å². The van der Waals surface area contributed by atoms with Crippen molar-refractivity contribution >= 4 is 23.6 Å². The average Bonchev–Trinajstić information content (AvgIpc) is 2.92. The summed E-state index contributed by atoms with van der Waals surface area (Å²) in [4.78, 5) is 26.7. The van der Waals surface area contributed by atoms with E-state index in [-0.39, 0.29) is 17.4 Å². The fraction of sp³-hybridized carbons (Fsp3) is 0.0769. The minimum Gasteiger partial charge on any atom is -0.508 e. The maximum atomic E-state index is 11.6. The van der Waals surface area contributed by atoms with Crippen molar-refractivity contribution in [1.29, 1.82) is 0 Å². The number of rotatable bonds is 4. The van der Waals surface area contributed by atoms with Crippen molar-refractivity contribution in [2.24, 2.45) is 0 Å². The number of aromatic nitrogens is 1. The first-order chi connectivity index (χ1) is 9.15. The van der Waals surface area contributed by atoms with Crippen LogP contribution in [-0.4, -0.2) is 27.7 Å². The predicted octanol–water partition coefficient (Wildman–Crippen LogP) is 1.77. The lowest BCUT2D eigenvalue weighted by molar-refractivity contribution is -0.117. The molecule has 1 aromatic carbocycles. The number of hydrogen-bond acceptors (Lipinski definition) is 4. The number of hydrogen-bond donors (Lipinski definition) is 3.